The molecular formula is C14H13F3N4O2S. The van der Waals surface area contributed by atoms with Crippen LogP contribution in [0.3, 0.4) is 0 Å². The lowest BCUT2D eigenvalue weighted by Crippen LogP contribution is -2.35. The van der Waals surface area contributed by atoms with E-state index in [0.29, 0.717) is 10.6 Å². The monoisotopic (exact) mass is 358 g/mol. The van der Waals surface area contributed by atoms with Crippen LogP contribution < -0.4 is 5.32 Å². The molecule has 1 aromatic heterocycles. The number of nitrogens with one attached hydrogen (secondary N) is 1. The molecule has 128 valence electrons. The van der Waals surface area contributed by atoms with Gasteiger partial charge in [0.05, 0.1) is 23.9 Å². The lowest BCUT2D eigenvalue weighted by Gasteiger charge is -2.24. The number of urea groups is 1. The normalized spacial score (nSPS) is 21.1. The maximum absolute atomic E-state index is 12.7. The van der Waals surface area contributed by atoms with Crippen LogP contribution in [-0.4, -0.2) is 38.3 Å². The van der Waals surface area contributed by atoms with Gasteiger partial charge in [-0.05, 0) is 24.1 Å². The smallest absolute Gasteiger partial charge is 0.391 e. The third-order valence-electron chi connectivity index (χ3n) is 3.75. The fourth-order valence-corrected chi connectivity index (χ4v) is 3.06. The molecule has 2 atom stereocenters. The van der Waals surface area contributed by atoms with Crippen LogP contribution in [0.5, 0.6) is 0 Å². The van der Waals surface area contributed by atoms with Crippen molar-refractivity contribution >= 4 is 22.6 Å². The summed E-state index contributed by atoms with van der Waals surface area (Å²) in [7, 11) is 0. The van der Waals surface area contributed by atoms with Gasteiger partial charge in [0.15, 0.2) is 0 Å². The minimum Gasteiger partial charge on any atom is -0.391 e. The molecule has 2 aromatic rings. The van der Waals surface area contributed by atoms with E-state index in [0.717, 1.165) is 23.7 Å². The lowest BCUT2D eigenvalue weighted by atomic mass is 10.0. The Morgan fingerprint density at radius 2 is 2.04 bits per heavy atom. The highest BCUT2D eigenvalue weighted by Crippen LogP contribution is 2.35. The molecule has 10 heteroatoms. The van der Waals surface area contributed by atoms with E-state index in [9.17, 15) is 23.1 Å². The first-order chi connectivity index (χ1) is 11.3. The number of likely N-dealkylation sites (tertiary alicyclic amines) is 1. The number of hydrogen-bond acceptors (Lipinski definition) is 5. The summed E-state index contributed by atoms with van der Waals surface area (Å²) in [5.74, 6) is 0. The minimum absolute atomic E-state index is 0.101. The largest absolute Gasteiger partial charge is 0.416 e. The zero-order chi connectivity index (χ0) is 17.3. The Morgan fingerprint density at radius 3 is 2.62 bits per heavy atom. The molecule has 2 unspecified atom stereocenters. The fourth-order valence-electron chi connectivity index (χ4n) is 2.65. The van der Waals surface area contributed by atoms with Crippen molar-refractivity contribution in [3.05, 3.63) is 41.6 Å². The summed E-state index contributed by atoms with van der Waals surface area (Å²) in [4.78, 5) is 13.7. The number of hydrogen-bond donors (Lipinski definition) is 2. The Labute approximate surface area is 139 Å². The number of rotatable bonds is 2. The highest BCUT2D eigenvalue weighted by atomic mass is 32.1. The van der Waals surface area contributed by atoms with Crippen LogP contribution in [-0.2, 0) is 6.18 Å². The first kappa shape index (κ1) is 16.7. The Morgan fingerprint density at radius 1 is 1.33 bits per heavy atom. The molecule has 2 amide bonds. The van der Waals surface area contributed by atoms with E-state index in [4.69, 9.17) is 0 Å². The summed E-state index contributed by atoms with van der Waals surface area (Å²) in [5.41, 5.74) is -0.214. The van der Waals surface area contributed by atoms with Gasteiger partial charge in [0.25, 0.3) is 0 Å². The van der Waals surface area contributed by atoms with Gasteiger partial charge in [-0.2, -0.15) is 13.2 Å². The second kappa shape index (κ2) is 6.36. The Balaban J connectivity index is 1.78. The van der Waals surface area contributed by atoms with Crippen LogP contribution in [0, 0.1) is 0 Å². The molecule has 24 heavy (non-hydrogen) atoms. The first-order valence-corrected chi connectivity index (χ1v) is 7.82. The number of alkyl halides is 3. The van der Waals surface area contributed by atoms with Crippen molar-refractivity contribution in [3.8, 4) is 0 Å². The van der Waals surface area contributed by atoms with Crippen molar-refractivity contribution in [3.63, 3.8) is 0 Å². The van der Waals surface area contributed by atoms with Gasteiger partial charge in [-0.25, -0.2) is 4.79 Å². The maximum atomic E-state index is 12.7. The van der Waals surface area contributed by atoms with Crippen molar-refractivity contribution in [1.82, 2.24) is 14.5 Å². The van der Waals surface area contributed by atoms with Gasteiger partial charge < -0.3 is 10.0 Å². The van der Waals surface area contributed by atoms with Crippen molar-refractivity contribution < 1.29 is 23.1 Å². The number of aromatic nitrogens is 2. The van der Waals surface area contributed by atoms with E-state index in [1.54, 1.807) is 0 Å². The van der Waals surface area contributed by atoms with Gasteiger partial charge in [0.1, 0.15) is 5.00 Å². The van der Waals surface area contributed by atoms with Gasteiger partial charge in [-0.1, -0.05) is 16.6 Å². The quantitative estimate of drug-likeness (QED) is 0.865. The molecule has 2 N–H and O–H groups in total. The van der Waals surface area contributed by atoms with Crippen molar-refractivity contribution in [2.24, 2.45) is 0 Å². The highest BCUT2D eigenvalue weighted by molar-refractivity contribution is 7.10. The van der Waals surface area contributed by atoms with Crippen LogP contribution in [0.15, 0.2) is 30.5 Å². The molecule has 1 aliphatic rings. The number of benzene rings is 1. The molecule has 0 saturated carbocycles. The number of carbonyl (C=O) groups excluding carboxylic acids is 1. The average molecular weight is 358 g/mol. The molecule has 1 saturated heterocycles. The van der Waals surface area contributed by atoms with E-state index < -0.39 is 29.9 Å². The molecule has 1 aromatic carbocycles. The first-order valence-electron chi connectivity index (χ1n) is 7.05. The predicted octanol–water partition coefficient (Wildman–Crippen LogP) is 2.90. The van der Waals surface area contributed by atoms with Crippen LogP contribution in [0.4, 0.5) is 23.0 Å². The van der Waals surface area contributed by atoms with E-state index in [2.05, 4.69) is 14.9 Å². The third kappa shape index (κ3) is 3.49. The number of halogens is 3. The van der Waals surface area contributed by atoms with Crippen LogP contribution in [0.1, 0.15) is 23.6 Å². The summed E-state index contributed by atoms with van der Waals surface area (Å²) in [6.07, 6.45) is -3.49. The minimum atomic E-state index is -4.41. The topological polar surface area (TPSA) is 78.4 Å². The zero-order valence-electron chi connectivity index (χ0n) is 12.2. The van der Waals surface area contributed by atoms with Gasteiger partial charge in [0, 0.05) is 18.1 Å². The highest BCUT2D eigenvalue weighted by Gasteiger charge is 2.36. The molecule has 0 aliphatic carbocycles. The number of β-amino-alcohol motifs (C(OH)–C–C–N with tert-alkyl or cyclic N) is 1. The number of carbonyl (C=O) groups is 1. The summed E-state index contributed by atoms with van der Waals surface area (Å²) >= 11 is 1.01. The number of anilines is 1. The molecule has 0 spiro atoms. The molecule has 1 aliphatic heterocycles. The molecule has 0 radical (unpaired) electrons. The second-order valence-electron chi connectivity index (χ2n) is 5.39. The molecule has 1 fully saturated rings. The van der Waals surface area contributed by atoms with Crippen LogP contribution in [0.2, 0.25) is 0 Å². The summed E-state index contributed by atoms with van der Waals surface area (Å²) < 4.78 is 41.6. The maximum Gasteiger partial charge on any atom is 0.416 e. The van der Waals surface area contributed by atoms with Crippen molar-refractivity contribution in [2.45, 2.75) is 24.7 Å². The van der Waals surface area contributed by atoms with Crippen LogP contribution in [0.25, 0.3) is 0 Å². The number of amides is 2. The van der Waals surface area contributed by atoms with E-state index in [-0.39, 0.29) is 13.0 Å². The van der Waals surface area contributed by atoms with Crippen molar-refractivity contribution in [1.29, 1.82) is 0 Å². The SMILES string of the molecule is O=C(Nc1cnns1)N1CC(O)CC1c1ccc(C(F)(F)F)cc1. The lowest BCUT2D eigenvalue weighted by molar-refractivity contribution is -0.137. The summed E-state index contributed by atoms with van der Waals surface area (Å²) in [6.45, 7) is 0.101. The summed E-state index contributed by atoms with van der Waals surface area (Å²) in [5, 5.41) is 16.5. The molecule has 3 rings (SSSR count). The van der Waals surface area contributed by atoms with Gasteiger partial charge in [0.2, 0.25) is 0 Å². The van der Waals surface area contributed by atoms with Gasteiger partial charge in [-0.15, -0.1) is 5.10 Å². The average Bonchev–Trinajstić information content (AvgIpc) is 3.16. The van der Waals surface area contributed by atoms with Crippen molar-refractivity contribution in [2.75, 3.05) is 11.9 Å². The number of aliphatic hydroxyl groups is 1. The molecule has 2 heterocycles. The van der Waals surface area contributed by atoms with E-state index >= 15 is 0 Å². The Hall–Kier alpha value is -2.20. The second-order valence-corrected chi connectivity index (χ2v) is 6.18. The predicted molar refractivity (Wildman–Crippen MR) is 80.4 cm³/mol. The van der Waals surface area contributed by atoms with Gasteiger partial charge in [-0.3, -0.25) is 5.32 Å². The van der Waals surface area contributed by atoms with E-state index in [1.165, 1.54) is 23.2 Å². The fraction of sp³-hybridized carbons (Fsp3) is 0.357. The number of aliphatic hydroxyl groups excluding tert-OH is 1. The Kier molecular flexibility index (Phi) is 4.41. The molecule has 0 bridgehead atoms. The zero-order valence-corrected chi connectivity index (χ0v) is 13.0. The van der Waals surface area contributed by atoms with E-state index in [1.807, 2.05) is 0 Å². The standard InChI is InChI=1S/C14H13F3N4O2S/c15-14(16,17)9-3-1-8(2-4-9)11-5-10(22)7-21(11)13(23)19-12-6-18-20-24-12/h1-4,6,10-11,22H,5,7H2,(H,19,23). The number of nitrogens with zero attached hydrogens (tertiary/aromatic N) is 3. The summed E-state index contributed by atoms with van der Waals surface area (Å²) in [6, 6.07) is 3.66. The third-order valence-corrected chi connectivity index (χ3v) is 4.33. The van der Waals surface area contributed by atoms with Gasteiger partial charge >= 0.3 is 12.2 Å². The molecule has 6 nitrogen and oxygen atoms in total. The Bertz CT molecular complexity index is 706. The van der Waals surface area contributed by atoms with Crippen LogP contribution >= 0.6 is 11.5 Å². The molecular weight excluding hydrogens is 345 g/mol.